The molecule has 2 nitrogen and oxygen atoms in total. The maximum atomic E-state index is 5.65. The standard InChI is InChI=1S/C54H48N2/c1-7-10-23-48(39(4)5)51-38-47(32-27-40(51)6)56-53-26-17-15-24-50(53)49(19-9-3)54(56)36-29-41(18-8-2)28-33-46-37-44-22-14-16-25-52(44)55(46)45-34-30-43(31-35-45)42-20-12-11-13-21-42/h1,9-38H,8H2,2-6H3/b19-9-,23-10-,33-28-,36-29+,41-18+. The van der Waals surface area contributed by atoms with Crippen LogP contribution in [0.25, 0.3) is 68.1 Å². The molecule has 2 heteroatoms. The van der Waals surface area contributed by atoms with Crippen LogP contribution in [0, 0.1) is 19.3 Å². The molecule has 0 aliphatic heterocycles. The van der Waals surface area contributed by atoms with E-state index in [-0.39, 0.29) is 0 Å². The van der Waals surface area contributed by atoms with Crippen LogP contribution in [0.4, 0.5) is 0 Å². The summed E-state index contributed by atoms with van der Waals surface area (Å²) in [4.78, 5) is 0. The SMILES string of the molecule is C#C/C=C\C(=C(C)C)c1cc(-n2c(/C=C/C(/C=C\c3cc4ccccc4n3-c3ccc(-c4ccccc4)cc3)=C/CC)c(/C=C\C)c3ccccc32)ccc1C. The summed E-state index contributed by atoms with van der Waals surface area (Å²) in [5, 5.41) is 2.42. The zero-order chi connectivity index (χ0) is 39.0. The van der Waals surface area contributed by atoms with E-state index in [1.165, 1.54) is 49.7 Å². The Morgan fingerprint density at radius 2 is 1.36 bits per heavy atom. The predicted molar refractivity (Wildman–Crippen MR) is 244 cm³/mol. The highest BCUT2D eigenvalue weighted by Crippen LogP contribution is 2.35. The van der Waals surface area contributed by atoms with E-state index >= 15 is 0 Å². The summed E-state index contributed by atoms with van der Waals surface area (Å²) < 4.78 is 4.74. The number of nitrogens with zero attached hydrogens (tertiary/aromatic N) is 2. The summed E-state index contributed by atoms with van der Waals surface area (Å²) in [5.41, 5.74) is 16.3. The fraction of sp³-hybridized carbons (Fsp3) is 0.111. The van der Waals surface area contributed by atoms with Crippen molar-refractivity contribution in [3.8, 4) is 34.8 Å². The second-order valence-corrected chi connectivity index (χ2v) is 14.2. The first kappa shape index (κ1) is 37.5. The largest absolute Gasteiger partial charge is 0.310 e. The van der Waals surface area contributed by atoms with Gasteiger partial charge in [0.15, 0.2) is 0 Å². The Morgan fingerprint density at radius 1 is 0.679 bits per heavy atom. The number of aromatic nitrogens is 2. The number of allylic oxidation sites excluding steroid dienone is 9. The Morgan fingerprint density at radius 3 is 2.09 bits per heavy atom. The molecule has 0 atom stereocenters. The molecule has 0 bridgehead atoms. The van der Waals surface area contributed by atoms with Gasteiger partial charge in [-0.2, -0.15) is 0 Å². The second kappa shape index (κ2) is 17.1. The summed E-state index contributed by atoms with van der Waals surface area (Å²) in [5.74, 6) is 2.67. The van der Waals surface area contributed by atoms with Crippen LogP contribution in [0.15, 0.2) is 175 Å². The van der Waals surface area contributed by atoms with Gasteiger partial charge >= 0.3 is 0 Å². The monoisotopic (exact) mass is 724 g/mol. The van der Waals surface area contributed by atoms with E-state index in [2.05, 4.69) is 226 Å². The van der Waals surface area contributed by atoms with Crippen LogP contribution >= 0.6 is 0 Å². The first-order chi connectivity index (χ1) is 27.4. The number of para-hydroxylation sites is 2. The molecule has 0 amide bonds. The Hall–Kier alpha value is -6.82. The van der Waals surface area contributed by atoms with Crippen LogP contribution in [0.5, 0.6) is 0 Å². The minimum absolute atomic E-state index is 0.913. The molecule has 274 valence electrons. The number of hydrogen-bond acceptors (Lipinski definition) is 0. The maximum absolute atomic E-state index is 5.65. The molecule has 7 aromatic rings. The molecule has 56 heavy (non-hydrogen) atoms. The van der Waals surface area contributed by atoms with E-state index < -0.39 is 0 Å². The fourth-order valence-corrected chi connectivity index (χ4v) is 7.57. The average Bonchev–Trinajstić information content (AvgIpc) is 3.75. The van der Waals surface area contributed by atoms with Crippen molar-refractivity contribution < 1.29 is 0 Å². The van der Waals surface area contributed by atoms with Gasteiger partial charge in [-0.1, -0.05) is 134 Å². The first-order valence-electron chi connectivity index (χ1n) is 19.4. The molecular formula is C54H48N2. The Balaban J connectivity index is 1.32. The van der Waals surface area contributed by atoms with E-state index in [0.717, 1.165) is 45.8 Å². The number of benzene rings is 5. The van der Waals surface area contributed by atoms with E-state index in [1.807, 2.05) is 0 Å². The third-order valence-corrected chi connectivity index (χ3v) is 10.2. The normalized spacial score (nSPS) is 12.2. The van der Waals surface area contributed by atoms with Crippen molar-refractivity contribution in [3.05, 3.63) is 203 Å². The Labute approximate surface area is 332 Å². The average molecular weight is 725 g/mol. The third kappa shape index (κ3) is 7.72. The zero-order valence-electron chi connectivity index (χ0n) is 33.0. The lowest BCUT2D eigenvalue weighted by atomic mass is 9.96. The van der Waals surface area contributed by atoms with Gasteiger partial charge in [0.05, 0.1) is 16.7 Å². The van der Waals surface area contributed by atoms with Gasteiger partial charge < -0.3 is 9.13 Å². The van der Waals surface area contributed by atoms with Crippen molar-refractivity contribution in [2.24, 2.45) is 0 Å². The van der Waals surface area contributed by atoms with Crippen LogP contribution in [0.3, 0.4) is 0 Å². The molecule has 0 aliphatic carbocycles. The van der Waals surface area contributed by atoms with Gasteiger partial charge in [-0.3, -0.25) is 0 Å². The molecule has 0 radical (unpaired) electrons. The fourth-order valence-electron chi connectivity index (χ4n) is 7.57. The number of fused-ring (bicyclic) bond motifs is 2. The Kier molecular flexibility index (Phi) is 11.5. The number of hydrogen-bond donors (Lipinski definition) is 0. The van der Waals surface area contributed by atoms with E-state index in [4.69, 9.17) is 6.42 Å². The highest BCUT2D eigenvalue weighted by molar-refractivity contribution is 5.96. The minimum Gasteiger partial charge on any atom is -0.310 e. The quantitative estimate of drug-likeness (QED) is 0.0928. The van der Waals surface area contributed by atoms with Crippen molar-refractivity contribution in [2.45, 2.75) is 41.0 Å². The predicted octanol–water partition coefficient (Wildman–Crippen LogP) is 14.6. The molecule has 0 saturated carbocycles. The van der Waals surface area contributed by atoms with Crippen molar-refractivity contribution in [1.29, 1.82) is 0 Å². The summed E-state index contributed by atoms with van der Waals surface area (Å²) in [6, 6.07) is 45.7. The van der Waals surface area contributed by atoms with Crippen LogP contribution in [-0.4, -0.2) is 9.13 Å². The van der Waals surface area contributed by atoms with Crippen LogP contribution < -0.4 is 0 Å². The van der Waals surface area contributed by atoms with Gasteiger partial charge in [0.1, 0.15) is 0 Å². The molecule has 2 aromatic heterocycles. The molecule has 0 spiro atoms. The highest BCUT2D eigenvalue weighted by atomic mass is 15.0. The maximum Gasteiger partial charge on any atom is 0.0541 e. The summed E-state index contributed by atoms with van der Waals surface area (Å²) >= 11 is 0. The minimum atomic E-state index is 0.913. The van der Waals surface area contributed by atoms with Crippen LogP contribution in [-0.2, 0) is 0 Å². The molecule has 5 aromatic carbocycles. The van der Waals surface area contributed by atoms with E-state index in [9.17, 15) is 0 Å². The molecule has 7 rings (SSSR count). The lowest BCUT2D eigenvalue weighted by Crippen LogP contribution is -2.00. The number of terminal acetylenes is 1. The van der Waals surface area contributed by atoms with Crippen molar-refractivity contribution >= 4 is 45.6 Å². The summed E-state index contributed by atoms with van der Waals surface area (Å²) in [7, 11) is 0. The van der Waals surface area contributed by atoms with Crippen LogP contribution in [0.2, 0.25) is 0 Å². The highest BCUT2D eigenvalue weighted by Gasteiger charge is 2.17. The van der Waals surface area contributed by atoms with Gasteiger partial charge in [0.2, 0.25) is 0 Å². The summed E-state index contributed by atoms with van der Waals surface area (Å²) in [6.07, 6.45) is 26.1. The Bertz CT molecular complexity index is 2740. The third-order valence-electron chi connectivity index (χ3n) is 10.2. The molecule has 2 heterocycles. The lowest BCUT2D eigenvalue weighted by molar-refractivity contribution is 1.10. The van der Waals surface area contributed by atoms with Gasteiger partial charge in [0.25, 0.3) is 0 Å². The second-order valence-electron chi connectivity index (χ2n) is 14.2. The van der Waals surface area contributed by atoms with Gasteiger partial charge in [0, 0.05) is 33.4 Å². The molecular weight excluding hydrogens is 677 g/mol. The smallest absolute Gasteiger partial charge is 0.0541 e. The number of aryl methyl sites for hydroxylation is 1. The van der Waals surface area contributed by atoms with E-state index in [0.29, 0.717) is 0 Å². The van der Waals surface area contributed by atoms with Crippen molar-refractivity contribution in [1.82, 2.24) is 9.13 Å². The first-order valence-corrected chi connectivity index (χ1v) is 19.4. The molecule has 0 saturated heterocycles. The van der Waals surface area contributed by atoms with Crippen LogP contribution in [0.1, 0.15) is 62.2 Å². The lowest BCUT2D eigenvalue weighted by Gasteiger charge is -2.15. The van der Waals surface area contributed by atoms with Gasteiger partial charge in [-0.15, -0.1) is 6.42 Å². The molecule has 0 unspecified atom stereocenters. The number of rotatable bonds is 11. The van der Waals surface area contributed by atoms with Crippen molar-refractivity contribution in [3.63, 3.8) is 0 Å². The van der Waals surface area contributed by atoms with Gasteiger partial charge in [-0.25, -0.2) is 0 Å². The molecule has 0 N–H and O–H groups in total. The molecule has 0 fully saturated rings. The zero-order valence-corrected chi connectivity index (χ0v) is 33.0. The summed E-state index contributed by atoms with van der Waals surface area (Å²) in [6.45, 7) is 10.7. The molecule has 0 aliphatic rings. The van der Waals surface area contributed by atoms with Crippen molar-refractivity contribution in [2.75, 3.05) is 0 Å². The van der Waals surface area contributed by atoms with Gasteiger partial charge in [-0.05, 0) is 134 Å². The van der Waals surface area contributed by atoms with E-state index in [1.54, 1.807) is 6.08 Å². The topological polar surface area (TPSA) is 9.86 Å².